The number of benzene rings is 3. The minimum Gasteiger partial charge on any atom is -0.496 e. The second-order valence-corrected chi connectivity index (χ2v) is 8.76. The largest absolute Gasteiger partial charge is 0.496 e. The highest BCUT2D eigenvalue weighted by molar-refractivity contribution is 6.31. The van der Waals surface area contributed by atoms with Gasteiger partial charge in [-0.3, -0.25) is 9.88 Å². The van der Waals surface area contributed by atoms with Crippen LogP contribution in [0.4, 0.5) is 5.69 Å². The molecule has 6 heteroatoms. The summed E-state index contributed by atoms with van der Waals surface area (Å²) in [6, 6.07) is 18.5. The van der Waals surface area contributed by atoms with Gasteiger partial charge in [0.1, 0.15) is 11.5 Å². The Morgan fingerprint density at radius 2 is 1.76 bits per heavy atom. The molecule has 0 saturated heterocycles. The number of hydrogen-bond donors (Lipinski definition) is 1. The topological polar surface area (TPSA) is 46.6 Å². The van der Waals surface area contributed by atoms with Crippen molar-refractivity contribution in [2.75, 3.05) is 32.6 Å². The van der Waals surface area contributed by atoms with Gasteiger partial charge in [-0.2, -0.15) is 0 Å². The molecule has 3 aromatic carbocycles. The molecule has 0 aliphatic carbocycles. The molecule has 0 fully saturated rings. The van der Waals surface area contributed by atoms with Crippen molar-refractivity contribution < 1.29 is 9.47 Å². The fourth-order valence-electron chi connectivity index (χ4n) is 4.25. The average Bonchev–Trinajstić information content (AvgIpc) is 2.82. The maximum atomic E-state index is 6.13. The Kier molecular flexibility index (Phi) is 7.21. The highest BCUT2D eigenvalue weighted by atomic mass is 35.5. The molecule has 172 valence electrons. The van der Waals surface area contributed by atoms with Crippen LogP contribution in [0.25, 0.3) is 21.7 Å². The summed E-state index contributed by atoms with van der Waals surface area (Å²) >= 11 is 6.13. The molecule has 0 saturated carbocycles. The molecule has 33 heavy (non-hydrogen) atoms. The number of halogens is 1. The van der Waals surface area contributed by atoms with Gasteiger partial charge in [0.05, 0.1) is 19.7 Å². The van der Waals surface area contributed by atoms with Gasteiger partial charge in [-0.05, 0) is 44.2 Å². The highest BCUT2D eigenvalue weighted by Crippen LogP contribution is 2.37. The van der Waals surface area contributed by atoms with Crippen molar-refractivity contribution in [3.63, 3.8) is 0 Å². The normalized spacial score (nSPS) is 11.5. The molecule has 0 radical (unpaired) electrons. The molecule has 0 spiro atoms. The molecular weight excluding hydrogens is 434 g/mol. The molecule has 1 aromatic heterocycles. The smallest absolute Gasteiger partial charge is 0.131 e. The second-order valence-electron chi connectivity index (χ2n) is 8.33. The summed E-state index contributed by atoms with van der Waals surface area (Å²) in [5, 5.41) is 7.47. The van der Waals surface area contributed by atoms with E-state index in [-0.39, 0.29) is 0 Å². The first-order valence-electron chi connectivity index (χ1n) is 11.2. The predicted molar refractivity (Wildman–Crippen MR) is 138 cm³/mol. The summed E-state index contributed by atoms with van der Waals surface area (Å²) in [6.45, 7) is 6.86. The molecule has 0 unspecified atom stereocenters. The fraction of sp³-hybridized carbons (Fsp3) is 0.296. The van der Waals surface area contributed by atoms with E-state index in [0.717, 1.165) is 64.1 Å². The quantitative estimate of drug-likeness (QED) is 0.312. The van der Waals surface area contributed by atoms with Gasteiger partial charge < -0.3 is 14.8 Å². The summed E-state index contributed by atoms with van der Waals surface area (Å²) < 4.78 is 11.6. The van der Waals surface area contributed by atoms with Gasteiger partial charge in [0, 0.05) is 64.3 Å². The zero-order valence-electron chi connectivity index (χ0n) is 19.6. The number of nitrogens with zero attached hydrogens (tertiary/aromatic N) is 2. The Labute approximate surface area is 200 Å². The number of pyridine rings is 1. The lowest BCUT2D eigenvalue weighted by molar-refractivity contribution is 0.218. The second kappa shape index (κ2) is 10.3. The molecular formula is C27H30ClN3O2. The zero-order chi connectivity index (χ0) is 23.4. The molecule has 0 bridgehead atoms. The van der Waals surface area contributed by atoms with Crippen molar-refractivity contribution in [1.82, 2.24) is 9.88 Å². The Hall–Kier alpha value is -3.02. The van der Waals surface area contributed by atoms with Gasteiger partial charge >= 0.3 is 0 Å². The van der Waals surface area contributed by atoms with Crippen LogP contribution in [0.2, 0.25) is 5.02 Å². The lowest BCUT2D eigenvalue weighted by Crippen LogP contribution is -2.34. The lowest BCUT2D eigenvalue weighted by Gasteiger charge is -2.28. The van der Waals surface area contributed by atoms with Gasteiger partial charge in [0.2, 0.25) is 0 Å². The summed E-state index contributed by atoms with van der Waals surface area (Å²) in [4.78, 5) is 6.86. The number of rotatable bonds is 9. The average molecular weight is 464 g/mol. The third-order valence-corrected chi connectivity index (χ3v) is 6.22. The van der Waals surface area contributed by atoms with Crippen molar-refractivity contribution in [2.45, 2.75) is 26.4 Å². The van der Waals surface area contributed by atoms with Gasteiger partial charge in [0.25, 0.3) is 0 Å². The molecule has 0 aliphatic rings. The van der Waals surface area contributed by atoms with Crippen LogP contribution in [0.15, 0.2) is 60.8 Å². The lowest BCUT2D eigenvalue weighted by atomic mass is 10.0. The van der Waals surface area contributed by atoms with Crippen molar-refractivity contribution in [1.29, 1.82) is 0 Å². The van der Waals surface area contributed by atoms with Crippen LogP contribution in [0, 0.1) is 0 Å². The van der Waals surface area contributed by atoms with E-state index in [9.17, 15) is 0 Å². The first-order valence-corrected chi connectivity index (χ1v) is 11.5. The van der Waals surface area contributed by atoms with E-state index >= 15 is 0 Å². The van der Waals surface area contributed by atoms with E-state index in [1.54, 1.807) is 14.2 Å². The van der Waals surface area contributed by atoms with E-state index < -0.39 is 0 Å². The standard InChI is InChI=1S/C27H30ClN3O2/c1-18(2)31(14-13-30-24-11-12-29-25-16-20(28)9-10-23(24)25)17-19-15-26(32-3)21-7-5-6-8-22(21)27(19)33-4/h5-12,15-16,18H,13-14,17H2,1-4H3,(H,29,30). The monoisotopic (exact) mass is 463 g/mol. The summed E-state index contributed by atoms with van der Waals surface area (Å²) in [5.41, 5.74) is 3.07. The molecule has 0 atom stereocenters. The maximum Gasteiger partial charge on any atom is 0.131 e. The number of hydrogen-bond acceptors (Lipinski definition) is 5. The van der Waals surface area contributed by atoms with E-state index in [1.165, 1.54) is 0 Å². The fourth-order valence-corrected chi connectivity index (χ4v) is 4.41. The summed E-state index contributed by atoms with van der Waals surface area (Å²) in [6.07, 6.45) is 1.81. The number of methoxy groups -OCH3 is 2. The van der Waals surface area contributed by atoms with Gasteiger partial charge in [-0.25, -0.2) is 0 Å². The molecule has 1 N–H and O–H groups in total. The summed E-state index contributed by atoms with van der Waals surface area (Å²) in [5.74, 6) is 1.77. The molecule has 1 heterocycles. The van der Waals surface area contributed by atoms with E-state index in [0.29, 0.717) is 11.1 Å². The van der Waals surface area contributed by atoms with Crippen LogP contribution in [0.1, 0.15) is 19.4 Å². The van der Waals surface area contributed by atoms with E-state index in [2.05, 4.69) is 47.2 Å². The Bertz CT molecular complexity index is 1260. The minimum absolute atomic E-state index is 0.363. The maximum absolute atomic E-state index is 6.13. The minimum atomic E-state index is 0.363. The SMILES string of the molecule is COc1cc(CN(CCNc2ccnc3cc(Cl)ccc23)C(C)C)c(OC)c2ccccc12. The Morgan fingerprint density at radius 1 is 0.970 bits per heavy atom. The first-order chi connectivity index (χ1) is 16.0. The molecule has 5 nitrogen and oxygen atoms in total. The van der Waals surface area contributed by atoms with Crippen molar-refractivity contribution >= 4 is 39.0 Å². The number of fused-ring (bicyclic) bond motifs is 2. The van der Waals surface area contributed by atoms with Crippen LogP contribution in [-0.4, -0.2) is 43.2 Å². The van der Waals surface area contributed by atoms with Crippen molar-refractivity contribution in [3.8, 4) is 11.5 Å². The number of nitrogens with one attached hydrogen (secondary N) is 1. The van der Waals surface area contributed by atoms with Crippen LogP contribution in [-0.2, 0) is 6.54 Å². The van der Waals surface area contributed by atoms with Crippen molar-refractivity contribution in [3.05, 3.63) is 71.4 Å². The van der Waals surface area contributed by atoms with Crippen LogP contribution >= 0.6 is 11.6 Å². The highest BCUT2D eigenvalue weighted by Gasteiger charge is 2.18. The van der Waals surface area contributed by atoms with E-state index in [1.807, 2.05) is 42.6 Å². The summed E-state index contributed by atoms with van der Waals surface area (Å²) in [7, 11) is 3.45. The first kappa shape index (κ1) is 23.1. The van der Waals surface area contributed by atoms with Gasteiger partial charge in [-0.15, -0.1) is 0 Å². The van der Waals surface area contributed by atoms with E-state index in [4.69, 9.17) is 21.1 Å². The molecule has 4 rings (SSSR count). The van der Waals surface area contributed by atoms with Gasteiger partial charge in [-0.1, -0.05) is 35.9 Å². The molecule has 0 amide bonds. The third kappa shape index (κ3) is 5.00. The Balaban J connectivity index is 1.54. The van der Waals surface area contributed by atoms with Crippen LogP contribution < -0.4 is 14.8 Å². The zero-order valence-corrected chi connectivity index (χ0v) is 20.3. The van der Waals surface area contributed by atoms with Crippen molar-refractivity contribution in [2.24, 2.45) is 0 Å². The predicted octanol–water partition coefficient (Wildman–Crippen LogP) is 6.38. The molecule has 0 aliphatic heterocycles. The number of ether oxygens (including phenoxy) is 2. The van der Waals surface area contributed by atoms with Crippen LogP contribution in [0.3, 0.4) is 0 Å². The third-order valence-electron chi connectivity index (χ3n) is 5.98. The molecule has 4 aromatic rings. The Morgan fingerprint density at radius 3 is 2.48 bits per heavy atom. The number of aromatic nitrogens is 1. The number of anilines is 1. The van der Waals surface area contributed by atoms with Crippen LogP contribution in [0.5, 0.6) is 11.5 Å². The van der Waals surface area contributed by atoms with Gasteiger partial charge in [0.15, 0.2) is 0 Å².